The molecule has 6 heteroatoms. The molecule has 0 aromatic rings. The fourth-order valence-corrected chi connectivity index (χ4v) is 9.30. The summed E-state index contributed by atoms with van der Waals surface area (Å²) in [4.78, 5) is 38.0. The van der Waals surface area contributed by atoms with Gasteiger partial charge in [-0.05, 0) is 64.2 Å². The van der Waals surface area contributed by atoms with Crippen molar-refractivity contribution in [2.24, 2.45) is 0 Å². The highest BCUT2D eigenvalue weighted by Crippen LogP contribution is 2.17. The lowest BCUT2D eigenvalue weighted by atomic mass is 10.0. The highest BCUT2D eigenvalue weighted by Gasteiger charge is 2.19. The molecule has 0 fully saturated rings. The van der Waals surface area contributed by atoms with E-state index in [1.54, 1.807) is 0 Å². The molecule has 0 amide bonds. The normalized spacial score (nSPS) is 12.4. The Morgan fingerprint density at radius 1 is 0.288 bits per heavy atom. The summed E-state index contributed by atoms with van der Waals surface area (Å²) in [5.74, 6) is -0.872. The van der Waals surface area contributed by atoms with E-state index in [-0.39, 0.29) is 31.1 Å². The lowest BCUT2D eigenvalue weighted by Gasteiger charge is -2.18. The molecule has 0 spiro atoms. The molecule has 424 valence electrons. The van der Waals surface area contributed by atoms with Gasteiger partial charge in [0.2, 0.25) is 0 Å². The number of ether oxygens (including phenoxy) is 3. The molecule has 0 saturated carbocycles. The van der Waals surface area contributed by atoms with E-state index in [1.807, 2.05) is 0 Å². The molecule has 0 aliphatic carbocycles. The molecule has 1 atom stereocenters. The van der Waals surface area contributed by atoms with E-state index in [0.29, 0.717) is 19.3 Å². The maximum atomic E-state index is 12.8. The first-order chi connectivity index (χ1) is 36.0. The smallest absolute Gasteiger partial charge is 0.306 e. The van der Waals surface area contributed by atoms with Gasteiger partial charge in [-0.1, -0.05) is 306 Å². The minimum atomic E-state index is -0.772. The third-order valence-electron chi connectivity index (χ3n) is 14.0. The van der Waals surface area contributed by atoms with Crippen LogP contribution in [0.4, 0.5) is 0 Å². The van der Waals surface area contributed by atoms with Gasteiger partial charge in [0.05, 0.1) is 0 Å². The molecule has 0 radical (unpaired) electrons. The van der Waals surface area contributed by atoms with Gasteiger partial charge in [-0.25, -0.2) is 0 Å². The van der Waals surface area contributed by atoms with Crippen LogP contribution in [0.1, 0.15) is 329 Å². The van der Waals surface area contributed by atoms with Crippen LogP contribution in [-0.2, 0) is 28.6 Å². The number of esters is 3. The number of carbonyl (C=O) groups is 3. The summed E-state index contributed by atoms with van der Waals surface area (Å²) in [6, 6.07) is 0. The van der Waals surface area contributed by atoms with Crippen molar-refractivity contribution in [1.82, 2.24) is 0 Å². The number of hydrogen-bond donors (Lipinski definition) is 0. The summed E-state index contributed by atoms with van der Waals surface area (Å²) >= 11 is 0. The van der Waals surface area contributed by atoms with Crippen LogP contribution in [0.5, 0.6) is 0 Å². The van der Waals surface area contributed by atoms with Crippen molar-refractivity contribution >= 4 is 17.9 Å². The summed E-state index contributed by atoms with van der Waals surface area (Å²) in [7, 11) is 0. The first-order valence-corrected chi connectivity index (χ1v) is 31.8. The molecule has 0 rings (SSSR count). The lowest BCUT2D eigenvalue weighted by molar-refractivity contribution is -0.167. The van der Waals surface area contributed by atoms with Gasteiger partial charge in [0.1, 0.15) is 13.2 Å². The van der Waals surface area contributed by atoms with Crippen LogP contribution in [0.2, 0.25) is 0 Å². The minimum Gasteiger partial charge on any atom is -0.462 e. The van der Waals surface area contributed by atoms with Crippen LogP contribution in [0.25, 0.3) is 0 Å². The maximum Gasteiger partial charge on any atom is 0.306 e. The van der Waals surface area contributed by atoms with Crippen molar-refractivity contribution < 1.29 is 28.6 Å². The van der Waals surface area contributed by atoms with E-state index in [1.165, 1.54) is 193 Å². The fourth-order valence-electron chi connectivity index (χ4n) is 9.30. The molecule has 0 aromatic heterocycles. The fraction of sp³-hybridized carbons (Fsp3) is 0.806. The van der Waals surface area contributed by atoms with Gasteiger partial charge in [0.25, 0.3) is 0 Å². The molecular weight excluding hydrogens is 901 g/mol. The van der Waals surface area contributed by atoms with Gasteiger partial charge in [-0.3, -0.25) is 14.4 Å². The SMILES string of the molecule is CC/C=C\C/C=C\C/C=C\C/C=C\C/C=C\CCCCCCCCCCCC(=O)OCC(COC(=O)CCCCCCCC)OC(=O)CCCCCCCCCCCCCCCCCCCCCCCCCC. The molecule has 0 aliphatic rings. The van der Waals surface area contributed by atoms with Crippen LogP contribution in [0, 0.1) is 0 Å². The molecule has 73 heavy (non-hydrogen) atoms. The summed E-state index contributed by atoms with van der Waals surface area (Å²) in [5.41, 5.74) is 0. The van der Waals surface area contributed by atoms with Crippen LogP contribution < -0.4 is 0 Å². The molecule has 0 N–H and O–H groups in total. The Morgan fingerprint density at radius 2 is 0.534 bits per heavy atom. The number of unbranched alkanes of at least 4 members (excludes halogenated alkanes) is 37. The molecule has 1 unspecified atom stereocenters. The number of rotatable bonds is 58. The Kier molecular flexibility index (Phi) is 59.2. The predicted molar refractivity (Wildman–Crippen MR) is 316 cm³/mol. The number of allylic oxidation sites excluding steroid dienone is 10. The summed E-state index contributed by atoms with van der Waals surface area (Å²) in [6.07, 6.45) is 78.4. The Bertz CT molecular complexity index is 1310. The monoisotopic (exact) mass is 1020 g/mol. The highest BCUT2D eigenvalue weighted by atomic mass is 16.6. The second kappa shape index (κ2) is 61.7. The van der Waals surface area contributed by atoms with Gasteiger partial charge in [0, 0.05) is 19.3 Å². The average molecular weight is 1020 g/mol. The molecule has 6 nitrogen and oxygen atoms in total. The van der Waals surface area contributed by atoms with Crippen molar-refractivity contribution in [3.63, 3.8) is 0 Å². The molecular formula is C67H120O6. The second-order valence-electron chi connectivity index (χ2n) is 21.3. The van der Waals surface area contributed by atoms with Crippen molar-refractivity contribution in [3.05, 3.63) is 60.8 Å². The Labute approximate surface area is 453 Å². The quantitative estimate of drug-likeness (QED) is 0.0261. The zero-order chi connectivity index (χ0) is 52.9. The van der Waals surface area contributed by atoms with Gasteiger partial charge in [-0.2, -0.15) is 0 Å². The van der Waals surface area contributed by atoms with Crippen molar-refractivity contribution in [1.29, 1.82) is 0 Å². The third-order valence-corrected chi connectivity index (χ3v) is 14.0. The largest absolute Gasteiger partial charge is 0.462 e. The topological polar surface area (TPSA) is 78.9 Å². The zero-order valence-corrected chi connectivity index (χ0v) is 48.7. The van der Waals surface area contributed by atoms with E-state index < -0.39 is 6.10 Å². The molecule has 0 aromatic carbocycles. The highest BCUT2D eigenvalue weighted by molar-refractivity contribution is 5.71. The van der Waals surface area contributed by atoms with E-state index >= 15 is 0 Å². The van der Waals surface area contributed by atoms with E-state index in [2.05, 4.69) is 81.5 Å². The maximum absolute atomic E-state index is 12.8. The number of hydrogen-bond acceptors (Lipinski definition) is 6. The van der Waals surface area contributed by atoms with Crippen molar-refractivity contribution in [2.75, 3.05) is 13.2 Å². The van der Waals surface area contributed by atoms with Gasteiger partial charge in [-0.15, -0.1) is 0 Å². The average Bonchev–Trinajstić information content (AvgIpc) is 3.39. The van der Waals surface area contributed by atoms with Crippen molar-refractivity contribution in [3.8, 4) is 0 Å². The van der Waals surface area contributed by atoms with Gasteiger partial charge >= 0.3 is 17.9 Å². The van der Waals surface area contributed by atoms with Crippen LogP contribution >= 0.6 is 0 Å². The second-order valence-corrected chi connectivity index (χ2v) is 21.3. The first kappa shape index (κ1) is 70.1. The molecule has 0 saturated heterocycles. The molecule has 0 aliphatic heterocycles. The lowest BCUT2D eigenvalue weighted by Crippen LogP contribution is -2.30. The van der Waals surface area contributed by atoms with E-state index in [0.717, 1.165) is 96.3 Å². The van der Waals surface area contributed by atoms with Crippen LogP contribution in [0.15, 0.2) is 60.8 Å². The number of carbonyl (C=O) groups excluding carboxylic acids is 3. The van der Waals surface area contributed by atoms with Gasteiger partial charge in [0.15, 0.2) is 6.10 Å². The minimum absolute atomic E-state index is 0.0729. The summed E-state index contributed by atoms with van der Waals surface area (Å²) < 4.78 is 16.8. The molecule has 0 bridgehead atoms. The standard InChI is InChI=1S/C67H120O6/c1-4-7-10-13-16-18-20-22-24-26-28-30-32-34-36-37-39-41-43-45-47-49-51-54-57-60-66(69)72-63-64(62-71-65(68)59-56-53-15-12-9-6-3)73-67(70)61-58-55-52-50-48-46-44-42-40-38-35-33-31-29-27-25-23-21-19-17-14-11-8-5-2/h7,10,16,18,22,24,28,30,34,36,64H,4-6,8-9,11-15,17,19-21,23,25-27,29,31-33,35,37-63H2,1-3H3/b10-7-,18-16-,24-22-,30-28-,36-34-. The Morgan fingerprint density at radius 3 is 0.836 bits per heavy atom. The van der Waals surface area contributed by atoms with E-state index in [9.17, 15) is 14.4 Å². The van der Waals surface area contributed by atoms with E-state index in [4.69, 9.17) is 14.2 Å². The van der Waals surface area contributed by atoms with Crippen LogP contribution in [-0.4, -0.2) is 37.2 Å². The summed E-state index contributed by atoms with van der Waals surface area (Å²) in [6.45, 7) is 6.51. The van der Waals surface area contributed by atoms with Crippen LogP contribution in [0.3, 0.4) is 0 Å². The predicted octanol–water partition coefficient (Wildman–Crippen LogP) is 21.6. The Balaban J connectivity index is 4.08. The first-order valence-electron chi connectivity index (χ1n) is 31.8. The van der Waals surface area contributed by atoms with Gasteiger partial charge < -0.3 is 14.2 Å². The third kappa shape index (κ3) is 59.9. The van der Waals surface area contributed by atoms with Crippen molar-refractivity contribution in [2.45, 2.75) is 335 Å². The zero-order valence-electron chi connectivity index (χ0n) is 48.7. The molecule has 0 heterocycles. The summed E-state index contributed by atoms with van der Waals surface area (Å²) in [5, 5.41) is 0. The Hall–Kier alpha value is -2.89.